The Kier molecular flexibility index (Phi) is 2.19. The fourth-order valence-electron chi connectivity index (χ4n) is 1.67. The zero-order valence-electron chi connectivity index (χ0n) is 8.30. The molecule has 1 amide bonds. The normalized spacial score (nSPS) is 10.8. The first kappa shape index (κ1) is 9.71. The molecule has 2 rings (SSSR count). The molecule has 0 aliphatic carbocycles. The van der Waals surface area contributed by atoms with Crippen LogP contribution in [0.4, 0.5) is 4.39 Å². The van der Waals surface area contributed by atoms with Gasteiger partial charge < -0.3 is 10.7 Å². The van der Waals surface area contributed by atoms with Crippen molar-refractivity contribution in [2.75, 3.05) is 0 Å². The minimum atomic E-state index is -0.621. The van der Waals surface area contributed by atoms with E-state index in [1.807, 2.05) is 13.0 Å². The summed E-state index contributed by atoms with van der Waals surface area (Å²) in [5.41, 5.74) is 6.84. The average Bonchev–Trinajstić information content (AvgIpc) is 2.61. The van der Waals surface area contributed by atoms with Crippen LogP contribution in [0.15, 0.2) is 18.3 Å². The molecule has 0 atom stereocenters. The van der Waals surface area contributed by atoms with Gasteiger partial charge in [0.25, 0.3) is 5.91 Å². The van der Waals surface area contributed by atoms with E-state index in [0.717, 1.165) is 12.0 Å². The summed E-state index contributed by atoms with van der Waals surface area (Å²) in [6, 6.07) is 3.26. The number of amides is 1. The Morgan fingerprint density at radius 1 is 1.53 bits per heavy atom. The number of H-pyrrole nitrogens is 1. The Hall–Kier alpha value is -1.84. The second-order valence-corrected chi connectivity index (χ2v) is 3.42. The van der Waals surface area contributed by atoms with Gasteiger partial charge in [0.1, 0.15) is 5.82 Å². The summed E-state index contributed by atoms with van der Waals surface area (Å²) in [7, 11) is 0. The lowest BCUT2D eigenvalue weighted by Crippen LogP contribution is -2.10. The number of carbonyl (C=O) groups is 1. The number of benzene rings is 1. The lowest BCUT2D eigenvalue weighted by Gasteiger charge is -2.00. The van der Waals surface area contributed by atoms with Crippen LogP contribution in [0.1, 0.15) is 22.8 Å². The smallest absolute Gasteiger partial charge is 0.250 e. The number of halogens is 1. The van der Waals surface area contributed by atoms with E-state index >= 15 is 0 Å². The predicted octanol–water partition coefficient (Wildman–Crippen LogP) is 1.97. The number of primary amides is 1. The van der Waals surface area contributed by atoms with Crippen molar-refractivity contribution in [3.05, 3.63) is 35.3 Å². The van der Waals surface area contributed by atoms with Gasteiger partial charge in [-0.3, -0.25) is 4.79 Å². The molecular weight excluding hydrogens is 195 g/mol. The summed E-state index contributed by atoms with van der Waals surface area (Å²) in [4.78, 5) is 13.9. The maximum atomic E-state index is 13.7. The highest BCUT2D eigenvalue weighted by Crippen LogP contribution is 2.23. The van der Waals surface area contributed by atoms with Crippen LogP contribution in [-0.2, 0) is 6.42 Å². The van der Waals surface area contributed by atoms with Gasteiger partial charge in [-0.05, 0) is 24.1 Å². The van der Waals surface area contributed by atoms with Gasteiger partial charge in [0.05, 0.1) is 5.56 Å². The van der Waals surface area contributed by atoms with Crippen LogP contribution in [-0.4, -0.2) is 10.9 Å². The number of aromatic nitrogens is 1. The zero-order valence-corrected chi connectivity index (χ0v) is 8.30. The van der Waals surface area contributed by atoms with E-state index < -0.39 is 11.7 Å². The van der Waals surface area contributed by atoms with Crippen LogP contribution >= 0.6 is 0 Å². The van der Waals surface area contributed by atoms with Crippen LogP contribution < -0.4 is 5.73 Å². The third kappa shape index (κ3) is 1.48. The molecule has 3 N–H and O–H groups in total. The molecule has 78 valence electrons. The molecule has 0 aliphatic rings. The van der Waals surface area contributed by atoms with Gasteiger partial charge in [0.15, 0.2) is 0 Å². The van der Waals surface area contributed by atoms with Crippen molar-refractivity contribution >= 4 is 16.8 Å². The number of nitrogens with one attached hydrogen (secondary N) is 1. The van der Waals surface area contributed by atoms with E-state index in [-0.39, 0.29) is 10.9 Å². The molecule has 1 heterocycles. The van der Waals surface area contributed by atoms with Crippen molar-refractivity contribution in [1.82, 2.24) is 4.98 Å². The van der Waals surface area contributed by atoms with Gasteiger partial charge in [-0.2, -0.15) is 0 Å². The van der Waals surface area contributed by atoms with Gasteiger partial charge in [-0.15, -0.1) is 0 Å². The summed E-state index contributed by atoms with van der Waals surface area (Å²) < 4.78 is 13.7. The van der Waals surface area contributed by atoms with Gasteiger partial charge in [-0.1, -0.05) is 6.92 Å². The second-order valence-electron chi connectivity index (χ2n) is 3.42. The van der Waals surface area contributed by atoms with Crippen LogP contribution in [0.2, 0.25) is 0 Å². The highest BCUT2D eigenvalue weighted by molar-refractivity contribution is 6.06. The van der Waals surface area contributed by atoms with Gasteiger partial charge in [0.2, 0.25) is 0 Å². The largest absolute Gasteiger partial charge is 0.366 e. The summed E-state index contributed by atoms with van der Waals surface area (Å²) >= 11 is 0. The highest BCUT2D eigenvalue weighted by Gasteiger charge is 2.13. The van der Waals surface area contributed by atoms with E-state index in [4.69, 9.17) is 5.73 Å². The molecule has 0 unspecified atom stereocenters. The third-order valence-corrected chi connectivity index (χ3v) is 2.47. The standard InChI is InChI=1S/C11H11FN2O/c1-2-6-3-8(12)10-7(11(13)15)5-14-9(10)4-6/h3-5,14H,2H2,1H3,(H2,13,15). The van der Waals surface area contributed by atoms with E-state index in [1.54, 1.807) is 0 Å². The maximum Gasteiger partial charge on any atom is 0.250 e. The number of hydrogen-bond acceptors (Lipinski definition) is 1. The number of aryl methyl sites for hydroxylation is 1. The molecule has 4 heteroatoms. The number of fused-ring (bicyclic) bond motifs is 1. The van der Waals surface area contributed by atoms with Crippen LogP contribution in [0.3, 0.4) is 0 Å². The molecule has 0 bridgehead atoms. The molecule has 0 fully saturated rings. The Balaban J connectivity index is 2.77. The minimum absolute atomic E-state index is 0.199. The number of rotatable bonds is 2. The Morgan fingerprint density at radius 2 is 2.27 bits per heavy atom. The van der Waals surface area contributed by atoms with Gasteiger partial charge in [-0.25, -0.2) is 4.39 Å². The SMILES string of the molecule is CCc1cc(F)c2c(C(N)=O)c[nH]c2c1. The maximum absolute atomic E-state index is 13.7. The number of aromatic amines is 1. The molecule has 1 aromatic heterocycles. The molecule has 15 heavy (non-hydrogen) atoms. The van der Waals surface area contributed by atoms with Crippen molar-refractivity contribution in [3.63, 3.8) is 0 Å². The molecule has 0 spiro atoms. The van der Waals surface area contributed by atoms with Crippen molar-refractivity contribution in [1.29, 1.82) is 0 Å². The molecule has 0 aliphatic heterocycles. The number of nitrogens with two attached hydrogens (primary N) is 1. The molecular formula is C11H11FN2O. The summed E-state index contributed by atoms with van der Waals surface area (Å²) in [5.74, 6) is -1.02. The minimum Gasteiger partial charge on any atom is -0.366 e. The summed E-state index contributed by atoms with van der Waals surface area (Å²) in [6.07, 6.45) is 2.19. The fraction of sp³-hybridized carbons (Fsp3) is 0.182. The lowest BCUT2D eigenvalue weighted by atomic mass is 10.1. The second kappa shape index (κ2) is 3.38. The third-order valence-electron chi connectivity index (χ3n) is 2.47. The topological polar surface area (TPSA) is 58.9 Å². The monoisotopic (exact) mass is 206 g/mol. The molecule has 0 radical (unpaired) electrons. The van der Waals surface area contributed by atoms with Crippen LogP contribution in [0, 0.1) is 5.82 Å². The quantitative estimate of drug-likeness (QED) is 0.775. The highest BCUT2D eigenvalue weighted by atomic mass is 19.1. The van der Waals surface area contributed by atoms with Crippen molar-refractivity contribution < 1.29 is 9.18 Å². The van der Waals surface area contributed by atoms with E-state index in [0.29, 0.717) is 5.52 Å². The summed E-state index contributed by atoms with van der Waals surface area (Å²) in [6.45, 7) is 1.94. The van der Waals surface area contributed by atoms with E-state index in [9.17, 15) is 9.18 Å². The van der Waals surface area contributed by atoms with Gasteiger partial charge >= 0.3 is 0 Å². The first-order valence-corrected chi connectivity index (χ1v) is 4.72. The average molecular weight is 206 g/mol. The van der Waals surface area contributed by atoms with Crippen molar-refractivity contribution in [3.8, 4) is 0 Å². The molecule has 1 aromatic carbocycles. The Morgan fingerprint density at radius 3 is 2.87 bits per heavy atom. The zero-order chi connectivity index (χ0) is 11.0. The molecule has 3 nitrogen and oxygen atoms in total. The molecule has 2 aromatic rings. The summed E-state index contributed by atoms with van der Waals surface area (Å²) in [5, 5.41) is 0.278. The predicted molar refractivity (Wildman–Crippen MR) is 56.2 cm³/mol. The lowest BCUT2D eigenvalue weighted by molar-refractivity contribution is 0.100. The van der Waals surface area contributed by atoms with Crippen LogP contribution in [0.5, 0.6) is 0 Å². The first-order valence-electron chi connectivity index (χ1n) is 4.72. The fourth-order valence-corrected chi connectivity index (χ4v) is 1.67. The van der Waals surface area contributed by atoms with E-state index in [2.05, 4.69) is 4.98 Å². The Labute approximate surface area is 86.1 Å². The Bertz CT molecular complexity index is 531. The van der Waals surface area contributed by atoms with Crippen molar-refractivity contribution in [2.24, 2.45) is 5.73 Å². The number of hydrogen-bond donors (Lipinski definition) is 2. The van der Waals surface area contributed by atoms with Gasteiger partial charge in [0, 0.05) is 17.1 Å². The van der Waals surface area contributed by atoms with E-state index in [1.165, 1.54) is 12.3 Å². The number of carbonyl (C=O) groups excluding carboxylic acids is 1. The molecule has 0 saturated carbocycles. The first-order chi connectivity index (χ1) is 7.13. The van der Waals surface area contributed by atoms with Crippen molar-refractivity contribution in [2.45, 2.75) is 13.3 Å². The molecule has 0 saturated heterocycles. The van der Waals surface area contributed by atoms with Crippen LogP contribution in [0.25, 0.3) is 10.9 Å².